The molecule has 0 unspecified atom stereocenters. The van der Waals surface area contributed by atoms with E-state index in [4.69, 9.17) is 9.73 Å². The van der Waals surface area contributed by atoms with Gasteiger partial charge in [0.2, 0.25) is 0 Å². The molecule has 3 saturated carbocycles. The van der Waals surface area contributed by atoms with Crippen LogP contribution in [0.25, 0.3) is 10.9 Å². The number of guanidine groups is 1. The number of hydrogen-bond acceptors (Lipinski definition) is 5. The van der Waals surface area contributed by atoms with Gasteiger partial charge in [0, 0.05) is 25.3 Å². The van der Waals surface area contributed by atoms with Gasteiger partial charge >= 0.3 is 6.09 Å². The minimum Gasteiger partial charge on any atom is -0.444 e. The van der Waals surface area contributed by atoms with Gasteiger partial charge in [-0.3, -0.25) is 9.36 Å². The molecule has 2 aromatic carbocycles. The fourth-order valence-electron chi connectivity index (χ4n) is 7.29. The largest absolute Gasteiger partial charge is 0.444 e. The number of aromatic nitrogens is 2. The molecule has 0 spiro atoms. The lowest BCUT2D eigenvalue weighted by atomic mass is 9.45. The Morgan fingerprint density at radius 3 is 2.53 bits per heavy atom. The summed E-state index contributed by atoms with van der Waals surface area (Å²) >= 11 is 0. The lowest BCUT2D eigenvalue weighted by Gasteiger charge is -2.61. The zero-order chi connectivity index (χ0) is 32.1. The van der Waals surface area contributed by atoms with Gasteiger partial charge in [-0.2, -0.15) is 0 Å². The molecule has 10 heteroatoms. The Labute approximate surface area is 264 Å². The highest BCUT2D eigenvalue weighted by Gasteiger charge is 2.56. The van der Waals surface area contributed by atoms with Crippen molar-refractivity contribution in [2.45, 2.75) is 85.0 Å². The van der Waals surface area contributed by atoms with E-state index in [0.29, 0.717) is 60.1 Å². The topological polar surface area (TPSA) is 101 Å². The van der Waals surface area contributed by atoms with E-state index < -0.39 is 11.7 Å². The highest BCUT2D eigenvalue weighted by molar-refractivity contribution is 5.96. The first-order chi connectivity index (χ1) is 21.3. The second-order valence-corrected chi connectivity index (χ2v) is 14.7. The summed E-state index contributed by atoms with van der Waals surface area (Å²) in [6.45, 7) is 14.4. The number of aliphatic imine (C=N–C) groups is 1. The molecule has 3 aromatic rings. The average molecular weight is 617 g/mol. The Balaban J connectivity index is 1.18. The smallest absolute Gasteiger partial charge is 0.407 e. The predicted octanol–water partition coefficient (Wildman–Crippen LogP) is 5.83. The van der Waals surface area contributed by atoms with Crippen LogP contribution >= 0.6 is 0 Å². The molecule has 45 heavy (non-hydrogen) atoms. The Kier molecular flexibility index (Phi) is 8.12. The fraction of sp³-hybridized carbons (Fsp3) is 0.543. The lowest BCUT2D eigenvalue weighted by Crippen LogP contribution is -2.63. The monoisotopic (exact) mass is 616 g/mol. The number of alkyl carbamates (subject to hydrolysis) is 1. The molecular formula is C35H45FN6O3. The second kappa shape index (κ2) is 11.8. The predicted molar refractivity (Wildman–Crippen MR) is 175 cm³/mol. The van der Waals surface area contributed by atoms with Gasteiger partial charge < -0.3 is 20.3 Å². The molecule has 4 fully saturated rings. The SMILES string of the molecule is C[C@@H]1[C@@H](N=C(Nc2ccc3c(=O)n(CCc4ccc(F)cc4)cnc3c2)N2CC(NC(=O)OC(C)(C)C)C2)C[C@H]2C[C@@H]1C2(C)C. The van der Waals surface area contributed by atoms with Crippen LogP contribution < -0.4 is 16.2 Å². The van der Waals surface area contributed by atoms with E-state index in [1.807, 2.05) is 39.0 Å². The number of nitrogens with one attached hydrogen (secondary N) is 2. The van der Waals surface area contributed by atoms with Gasteiger partial charge in [0.1, 0.15) is 11.4 Å². The summed E-state index contributed by atoms with van der Waals surface area (Å²) in [5.74, 6) is 2.33. The van der Waals surface area contributed by atoms with Crippen LogP contribution in [0, 0.1) is 29.0 Å². The number of carbonyl (C=O) groups is 1. The number of benzene rings is 2. The third kappa shape index (κ3) is 6.56. The minimum atomic E-state index is -0.552. The maximum absolute atomic E-state index is 13.3. The molecule has 1 amide bonds. The number of carbonyl (C=O) groups excluding carboxylic acids is 1. The van der Waals surface area contributed by atoms with Crippen LogP contribution in [0.3, 0.4) is 0 Å². The molecule has 2 bridgehead atoms. The van der Waals surface area contributed by atoms with E-state index in [2.05, 4.69) is 41.3 Å². The molecule has 2 N–H and O–H groups in total. The number of aryl methyl sites for hydroxylation is 2. The molecule has 0 radical (unpaired) electrons. The first-order valence-electron chi connectivity index (χ1n) is 16.1. The summed E-state index contributed by atoms with van der Waals surface area (Å²) in [6, 6.07) is 12.1. The Bertz CT molecular complexity index is 1650. The zero-order valence-electron chi connectivity index (χ0n) is 27.1. The third-order valence-corrected chi connectivity index (χ3v) is 10.1. The number of halogens is 1. The quantitative estimate of drug-likeness (QED) is 0.267. The Morgan fingerprint density at radius 2 is 1.87 bits per heavy atom. The Hall–Kier alpha value is -3.95. The van der Waals surface area contributed by atoms with Crippen LogP contribution in [0.4, 0.5) is 14.9 Å². The van der Waals surface area contributed by atoms with Crippen LogP contribution in [0.2, 0.25) is 0 Å². The van der Waals surface area contributed by atoms with Crippen molar-refractivity contribution in [1.82, 2.24) is 19.8 Å². The maximum atomic E-state index is 13.3. The molecule has 7 rings (SSSR count). The average Bonchev–Trinajstić information content (AvgIpc) is 2.94. The summed E-state index contributed by atoms with van der Waals surface area (Å²) in [5.41, 5.74) is 2.06. The molecule has 3 aliphatic carbocycles. The van der Waals surface area contributed by atoms with Gasteiger partial charge in [-0.25, -0.2) is 19.2 Å². The van der Waals surface area contributed by atoms with E-state index in [9.17, 15) is 14.0 Å². The standard InChI is InChI=1S/C35H45FN6O3/c1-21-28-15-23(35(28,5)6)16-29(21)40-32(42-18-26(19-42)39-33(44)45-34(2,3)4)38-25-11-12-27-30(17-25)37-20-41(31(27)43)14-13-22-7-9-24(36)10-8-22/h7-12,17,20-21,23,26,28-29H,13-16,18-19H2,1-6H3,(H,38,40)(H,39,44)/t21-,23+,28-,29-/m0/s1. The molecule has 1 aromatic heterocycles. The zero-order valence-corrected chi connectivity index (χ0v) is 27.1. The number of rotatable bonds is 6. The van der Waals surface area contributed by atoms with E-state index in [1.165, 1.54) is 18.6 Å². The molecule has 4 atom stereocenters. The second-order valence-electron chi connectivity index (χ2n) is 14.7. The van der Waals surface area contributed by atoms with Crippen LogP contribution in [-0.4, -0.2) is 57.3 Å². The summed E-state index contributed by atoms with van der Waals surface area (Å²) < 4.78 is 20.3. The molecule has 1 saturated heterocycles. The number of amides is 1. The molecule has 4 aliphatic rings. The van der Waals surface area contributed by atoms with E-state index in [0.717, 1.165) is 23.6 Å². The first kappa shape index (κ1) is 31.0. The van der Waals surface area contributed by atoms with Crippen LogP contribution in [-0.2, 0) is 17.7 Å². The van der Waals surface area contributed by atoms with Crippen molar-refractivity contribution in [2.75, 3.05) is 18.4 Å². The molecule has 1 aliphatic heterocycles. The van der Waals surface area contributed by atoms with Gasteiger partial charge in [-0.05, 0) is 99.1 Å². The molecule has 240 valence electrons. The Morgan fingerprint density at radius 1 is 1.13 bits per heavy atom. The van der Waals surface area contributed by atoms with Crippen molar-refractivity contribution in [3.63, 3.8) is 0 Å². The van der Waals surface area contributed by atoms with Gasteiger partial charge in [-0.1, -0.05) is 32.9 Å². The maximum Gasteiger partial charge on any atom is 0.407 e. The number of ether oxygens (including phenoxy) is 1. The van der Waals surface area contributed by atoms with Gasteiger partial charge in [0.15, 0.2) is 5.96 Å². The highest BCUT2D eigenvalue weighted by Crippen LogP contribution is 2.61. The number of nitrogens with zero attached hydrogens (tertiary/aromatic N) is 4. The fourth-order valence-corrected chi connectivity index (χ4v) is 7.29. The summed E-state index contributed by atoms with van der Waals surface area (Å²) in [5, 5.41) is 7.05. The van der Waals surface area contributed by atoms with Crippen LogP contribution in [0.5, 0.6) is 0 Å². The van der Waals surface area contributed by atoms with Crippen molar-refractivity contribution >= 4 is 28.6 Å². The highest BCUT2D eigenvalue weighted by atomic mass is 19.1. The lowest BCUT2D eigenvalue weighted by molar-refractivity contribution is -0.108. The van der Waals surface area contributed by atoms with Gasteiger partial charge in [0.25, 0.3) is 5.56 Å². The number of likely N-dealkylation sites (tertiary alicyclic amines) is 1. The molecule has 9 nitrogen and oxygen atoms in total. The van der Waals surface area contributed by atoms with Crippen molar-refractivity contribution in [3.05, 3.63) is 70.5 Å². The summed E-state index contributed by atoms with van der Waals surface area (Å²) in [6.07, 6.45) is 4.12. The molecule has 2 heterocycles. The first-order valence-corrected chi connectivity index (χ1v) is 16.1. The van der Waals surface area contributed by atoms with Gasteiger partial charge in [-0.15, -0.1) is 0 Å². The van der Waals surface area contributed by atoms with Gasteiger partial charge in [0.05, 0.1) is 29.3 Å². The number of hydrogen-bond donors (Lipinski definition) is 2. The van der Waals surface area contributed by atoms with E-state index >= 15 is 0 Å². The van der Waals surface area contributed by atoms with Crippen molar-refractivity contribution in [2.24, 2.45) is 28.2 Å². The third-order valence-electron chi connectivity index (χ3n) is 10.1. The number of anilines is 1. The van der Waals surface area contributed by atoms with Crippen molar-refractivity contribution < 1.29 is 13.9 Å². The number of fused-ring (bicyclic) bond motifs is 3. The molecular weight excluding hydrogens is 571 g/mol. The van der Waals surface area contributed by atoms with Crippen LogP contribution in [0.15, 0.2) is 58.6 Å². The van der Waals surface area contributed by atoms with E-state index in [-0.39, 0.29) is 23.5 Å². The van der Waals surface area contributed by atoms with Crippen molar-refractivity contribution in [1.29, 1.82) is 0 Å². The minimum absolute atomic E-state index is 0.0328. The summed E-state index contributed by atoms with van der Waals surface area (Å²) in [7, 11) is 0. The van der Waals surface area contributed by atoms with Crippen molar-refractivity contribution in [3.8, 4) is 0 Å². The van der Waals surface area contributed by atoms with E-state index in [1.54, 1.807) is 23.0 Å². The van der Waals surface area contributed by atoms with Crippen LogP contribution in [0.1, 0.15) is 59.9 Å². The summed E-state index contributed by atoms with van der Waals surface area (Å²) in [4.78, 5) is 37.7. The normalized spacial score (nSPS) is 24.5.